The summed E-state index contributed by atoms with van der Waals surface area (Å²) in [5.74, 6) is 0. The average molecular weight is 309 g/mol. The molecule has 0 bridgehead atoms. The quantitative estimate of drug-likeness (QED) is 0.719. The zero-order chi connectivity index (χ0) is 16.7. The minimum Gasteiger partial charge on any atom is -0.303 e. The molecule has 1 spiro atoms. The van der Waals surface area contributed by atoms with Crippen molar-refractivity contribution in [3.05, 3.63) is 53.6 Å². The van der Waals surface area contributed by atoms with E-state index in [2.05, 4.69) is 69.5 Å². The molecular formula is C22H31N. The summed E-state index contributed by atoms with van der Waals surface area (Å²) in [5, 5.41) is 0. The minimum atomic E-state index is 0.253. The summed E-state index contributed by atoms with van der Waals surface area (Å²) in [5.41, 5.74) is 6.22. The van der Waals surface area contributed by atoms with E-state index in [1.54, 1.807) is 0 Å². The molecule has 1 aromatic rings. The summed E-state index contributed by atoms with van der Waals surface area (Å²) < 4.78 is 0. The van der Waals surface area contributed by atoms with Crippen molar-refractivity contribution in [1.29, 1.82) is 0 Å². The lowest BCUT2D eigenvalue weighted by Crippen LogP contribution is -2.42. The van der Waals surface area contributed by atoms with Crippen molar-refractivity contribution in [2.24, 2.45) is 5.41 Å². The number of likely N-dealkylation sites (tertiary alicyclic amines) is 1. The van der Waals surface area contributed by atoms with Gasteiger partial charge in [-0.3, -0.25) is 0 Å². The maximum atomic E-state index is 4.21. The SMILES string of the molecule is C=C(C)C1=CC2(CCN(CCC(C)(C)C)CC2)c2ccccc21. The van der Waals surface area contributed by atoms with Crippen LogP contribution in [0.15, 0.2) is 42.5 Å². The van der Waals surface area contributed by atoms with Crippen molar-refractivity contribution in [1.82, 2.24) is 4.90 Å². The van der Waals surface area contributed by atoms with Crippen LogP contribution in [0.25, 0.3) is 5.57 Å². The van der Waals surface area contributed by atoms with Crippen LogP contribution in [0.4, 0.5) is 0 Å². The number of allylic oxidation sites excluding steroid dienone is 3. The molecule has 0 saturated carbocycles. The van der Waals surface area contributed by atoms with E-state index in [-0.39, 0.29) is 5.41 Å². The molecule has 1 aliphatic heterocycles. The number of nitrogens with zero attached hydrogens (tertiary/aromatic N) is 1. The van der Waals surface area contributed by atoms with Gasteiger partial charge in [0.1, 0.15) is 0 Å². The van der Waals surface area contributed by atoms with E-state index in [9.17, 15) is 0 Å². The average Bonchev–Trinajstić information content (AvgIpc) is 2.82. The number of rotatable bonds is 3. The van der Waals surface area contributed by atoms with Gasteiger partial charge in [-0.05, 0) is 67.9 Å². The number of hydrogen-bond acceptors (Lipinski definition) is 1. The Morgan fingerprint density at radius 2 is 1.83 bits per heavy atom. The van der Waals surface area contributed by atoms with Crippen molar-refractivity contribution >= 4 is 5.57 Å². The summed E-state index contributed by atoms with van der Waals surface area (Å²) in [6.45, 7) is 17.0. The summed E-state index contributed by atoms with van der Waals surface area (Å²) in [7, 11) is 0. The summed E-state index contributed by atoms with van der Waals surface area (Å²) in [6.07, 6.45) is 6.29. The Balaban J connectivity index is 1.76. The first-order valence-corrected chi connectivity index (χ1v) is 9.02. The molecule has 0 unspecified atom stereocenters. The highest BCUT2D eigenvalue weighted by atomic mass is 15.1. The maximum Gasteiger partial charge on any atom is 0.0171 e. The predicted octanol–water partition coefficient (Wildman–Crippen LogP) is 5.43. The summed E-state index contributed by atoms with van der Waals surface area (Å²) in [6, 6.07) is 8.97. The van der Waals surface area contributed by atoms with E-state index in [4.69, 9.17) is 0 Å². The highest BCUT2D eigenvalue weighted by Gasteiger charge is 2.40. The fraction of sp³-hybridized carbons (Fsp3) is 0.545. The van der Waals surface area contributed by atoms with Crippen molar-refractivity contribution in [3.63, 3.8) is 0 Å². The molecule has 3 rings (SSSR count). The van der Waals surface area contributed by atoms with Gasteiger partial charge in [-0.1, -0.05) is 63.3 Å². The molecule has 1 fully saturated rings. The lowest BCUT2D eigenvalue weighted by Gasteiger charge is -2.40. The Kier molecular flexibility index (Phi) is 4.27. The first-order chi connectivity index (χ1) is 10.8. The van der Waals surface area contributed by atoms with Gasteiger partial charge in [0.15, 0.2) is 0 Å². The van der Waals surface area contributed by atoms with Gasteiger partial charge in [0.05, 0.1) is 0 Å². The lowest BCUT2D eigenvalue weighted by molar-refractivity contribution is 0.163. The minimum absolute atomic E-state index is 0.253. The van der Waals surface area contributed by atoms with Crippen LogP contribution >= 0.6 is 0 Å². The van der Waals surface area contributed by atoms with Crippen molar-refractivity contribution < 1.29 is 0 Å². The fourth-order valence-corrected chi connectivity index (χ4v) is 4.02. The Labute approximate surface area is 142 Å². The molecule has 1 saturated heterocycles. The Bertz CT molecular complexity index is 622. The second kappa shape index (κ2) is 5.94. The number of piperidine rings is 1. The lowest BCUT2D eigenvalue weighted by atomic mass is 9.74. The highest BCUT2D eigenvalue weighted by molar-refractivity contribution is 5.85. The fourth-order valence-electron chi connectivity index (χ4n) is 4.02. The molecule has 0 N–H and O–H groups in total. The van der Waals surface area contributed by atoms with Crippen LogP contribution in [-0.2, 0) is 5.41 Å². The van der Waals surface area contributed by atoms with Crippen molar-refractivity contribution in [3.8, 4) is 0 Å². The number of fused-ring (bicyclic) bond motifs is 2. The largest absolute Gasteiger partial charge is 0.303 e. The van der Waals surface area contributed by atoms with Gasteiger partial charge in [0.25, 0.3) is 0 Å². The zero-order valence-corrected chi connectivity index (χ0v) is 15.3. The molecule has 23 heavy (non-hydrogen) atoms. The Hall–Kier alpha value is -1.34. The molecule has 1 aromatic carbocycles. The first-order valence-electron chi connectivity index (χ1n) is 9.02. The Morgan fingerprint density at radius 3 is 2.43 bits per heavy atom. The monoisotopic (exact) mass is 309 g/mol. The smallest absolute Gasteiger partial charge is 0.0171 e. The van der Waals surface area contributed by atoms with Crippen molar-refractivity contribution in [2.45, 2.75) is 52.4 Å². The van der Waals surface area contributed by atoms with Gasteiger partial charge in [-0.25, -0.2) is 0 Å². The van der Waals surface area contributed by atoms with E-state index in [0.717, 1.165) is 0 Å². The molecule has 124 valence electrons. The third kappa shape index (κ3) is 3.30. The number of benzene rings is 1. The van der Waals surface area contributed by atoms with Gasteiger partial charge >= 0.3 is 0 Å². The molecule has 2 aliphatic rings. The third-order valence-electron chi connectivity index (χ3n) is 5.56. The molecule has 1 aliphatic carbocycles. The van der Waals surface area contributed by atoms with Crippen molar-refractivity contribution in [2.75, 3.05) is 19.6 Å². The van der Waals surface area contributed by atoms with Gasteiger partial charge < -0.3 is 4.90 Å². The Morgan fingerprint density at radius 1 is 1.17 bits per heavy atom. The summed E-state index contributed by atoms with van der Waals surface area (Å²) >= 11 is 0. The molecule has 1 heteroatoms. The topological polar surface area (TPSA) is 3.24 Å². The number of hydrogen-bond donors (Lipinski definition) is 0. The third-order valence-corrected chi connectivity index (χ3v) is 5.56. The van der Waals surface area contributed by atoms with Crippen LogP contribution < -0.4 is 0 Å². The molecule has 0 amide bonds. The van der Waals surface area contributed by atoms with E-state index >= 15 is 0 Å². The molecule has 0 radical (unpaired) electrons. The maximum absolute atomic E-state index is 4.21. The van der Waals surface area contributed by atoms with Gasteiger partial charge in [0.2, 0.25) is 0 Å². The van der Waals surface area contributed by atoms with Crippen LogP contribution in [0.2, 0.25) is 0 Å². The summed E-state index contributed by atoms with van der Waals surface area (Å²) in [4.78, 5) is 2.66. The van der Waals surface area contributed by atoms with E-state index in [1.807, 2.05) is 0 Å². The van der Waals surface area contributed by atoms with Crippen LogP contribution in [0.1, 0.15) is 58.1 Å². The van der Waals surface area contributed by atoms with Crippen LogP contribution in [-0.4, -0.2) is 24.5 Å². The first kappa shape index (κ1) is 16.5. The predicted molar refractivity (Wildman–Crippen MR) is 101 cm³/mol. The molecule has 1 nitrogen and oxygen atoms in total. The van der Waals surface area contributed by atoms with Crippen LogP contribution in [0.5, 0.6) is 0 Å². The zero-order valence-electron chi connectivity index (χ0n) is 15.3. The van der Waals surface area contributed by atoms with E-state index < -0.39 is 0 Å². The normalized spacial score (nSPS) is 20.4. The molecule has 1 heterocycles. The van der Waals surface area contributed by atoms with E-state index in [0.29, 0.717) is 5.41 Å². The van der Waals surface area contributed by atoms with E-state index in [1.165, 1.54) is 61.2 Å². The second-order valence-corrected chi connectivity index (χ2v) is 8.69. The van der Waals surface area contributed by atoms with Crippen LogP contribution in [0.3, 0.4) is 0 Å². The van der Waals surface area contributed by atoms with Gasteiger partial charge in [-0.2, -0.15) is 0 Å². The molecular weight excluding hydrogens is 278 g/mol. The van der Waals surface area contributed by atoms with Crippen LogP contribution in [0, 0.1) is 5.41 Å². The van der Waals surface area contributed by atoms with Gasteiger partial charge in [-0.15, -0.1) is 0 Å². The van der Waals surface area contributed by atoms with Gasteiger partial charge in [0, 0.05) is 5.41 Å². The molecule has 0 aromatic heterocycles. The standard InChI is InChI=1S/C22H31N/c1-17(2)19-16-22(20-9-7-6-8-18(19)20)11-14-23(15-12-22)13-10-21(3,4)5/h6-9,16H,1,10-15H2,2-5H3. The highest BCUT2D eigenvalue weighted by Crippen LogP contribution is 2.48. The second-order valence-electron chi connectivity index (χ2n) is 8.69. The molecule has 0 atom stereocenters.